The average molecular weight is 1380 g/mol. The molecule has 3 fully saturated rings. The summed E-state index contributed by atoms with van der Waals surface area (Å²) in [6.45, 7) is 16.0. The highest BCUT2D eigenvalue weighted by Gasteiger charge is 2.32. The highest BCUT2D eigenvalue weighted by Crippen LogP contribution is 2.36. The minimum Gasteiger partial charge on any atom is -0.492 e. The van der Waals surface area contributed by atoms with Crippen molar-refractivity contribution in [1.29, 1.82) is 15.8 Å². The van der Waals surface area contributed by atoms with Crippen LogP contribution >= 0.6 is 0 Å². The number of piperidine rings is 1. The van der Waals surface area contributed by atoms with Crippen molar-refractivity contribution in [1.82, 2.24) is 58.9 Å². The predicted octanol–water partition coefficient (Wildman–Crippen LogP) is 9.51. The molecule has 12 heterocycles. The lowest BCUT2D eigenvalue weighted by Crippen LogP contribution is -2.53. The Bertz CT molecular complexity index is 5230. The van der Waals surface area contributed by atoms with Crippen molar-refractivity contribution in [3.63, 3.8) is 0 Å². The van der Waals surface area contributed by atoms with E-state index < -0.39 is 0 Å². The predicted molar refractivity (Wildman–Crippen MR) is 394 cm³/mol. The fourth-order valence-corrected chi connectivity index (χ4v) is 12.5. The van der Waals surface area contributed by atoms with E-state index in [9.17, 15) is 30.2 Å². The molecule has 0 unspecified atom stereocenters. The number of hydrogen-bond donors (Lipinski definition) is 1. The summed E-state index contributed by atoms with van der Waals surface area (Å²) in [7, 11) is 0. The summed E-state index contributed by atoms with van der Waals surface area (Å²) >= 11 is 0. The van der Waals surface area contributed by atoms with Crippen LogP contribution in [-0.4, -0.2) is 162 Å². The molecule has 1 N–H and O–H groups in total. The lowest BCUT2D eigenvalue weighted by atomic mass is 9.89. The first-order valence-corrected chi connectivity index (χ1v) is 34.1. The first-order valence-electron chi connectivity index (χ1n) is 34.1. The second-order valence-corrected chi connectivity index (χ2v) is 24.6. The van der Waals surface area contributed by atoms with Crippen LogP contribution in [0, 0.1) is 70.0 Å². The van der Waals surface area contributed by atoms with Crippen LogP contribution in [-0.2, 0) is 14.4 Å². The quantitative estimate of drug-likeness (QED) is 0.105. The SMILES string of the molecule is C#CC(=O)N1CCN(c2ccc(-c3cc(OCC)cn4ncc(C#N)c34)cn2)CC1.CCOc1cc(-c2ccc(N3CCC(C)(NC(=O)C#Cc4ccccc4)CC3)nc2)c2c(C#N)cnn2c1.CCOc1cc(-c2ccc(N3CCN(C(=O)C#Cc4ccccc4)CC3)nc2)c2c(C#N)cnn2c1. The standard InChI is InChI=1S/C30H28N6O2.C28H24N6O2.C22H20N6O2/c1-3-38-25-17-26(29-24(18-31)20-33-36(29)21-25)23-10-11-27(32-19-23)35-15-13-30(2,14-16-35)34-28(37)12-9-22-7-5-4-6-8-22;1-2-36-24-16-25(28-23(17-29)19-31-34(28)20-24)22-9-10-26(30-18-22)32-12-14-33(15-13-32)27(35)11-8-21-6-4-3-5-7-21;1-3-21(29)27-9-7-26(8-10-27)20-6-5-16(13-24-20)19-11-18(30-4-2)15-28-22(19)17(12-23)14-25-28/h4-8,10-11,17,19-21H,3,13-16H2,1-2H3,(H,34,37);3-7,9-10,16,18-20H,2,12-15H2,1H3;1,5-6,11,13-15H,4,7-10H2,2H3. The van der Waals surface area contributed by atoms with Gasteiger partial charge in [0.1, 0.15) is 52.9 Å². The zero-order valence-corrected chi connectivity index (χ0v) is 57.9. The van der Waals surface area contributed by atoms with Crippen LogP contribution in [0.2, 0.25) is 0 Å². The summed E-state index contributed by atoms with van der Waals surface area (Å²) in [5.74, 6) is 17.3. The Kier molecular flexibility index (Phi) is 22.0. The van der Waals surface area contributed by atoms with E-state index in [1.54, 1.807) is 72.9 Å². The molecular formula is C80H72N18O6. The molecule has 9 aromatic heterocycles. The van der Waals surface area contributed by atoms with Crippen LogP contribution in [0.5, 0.6) is 17.2 Å². The van der Waals surface area contributed by atoms with Crippen LogP contribution in [0.1, 0.15) is 68.4 Å². The molecule has 0 radical (unpaired) electrons. The Hall–Kier alpha value is -13.7. The highest BCUT2D eigenvalue weighted by atomic mass is 16.5. The fourth-order valence-electron chi connectivity index (χ4n) is 12.5. The zero-order valence-electron chi connectivity index (χ0n) is 57.9. The summed E-state index contributed by atoms with van der Waals surface area (Å²) in [5.41, 5.74) is 10.1. The number of amides is 3. The van der Waals surface area contributed by atoms with E-state index >= 15 is 0 Å². The van der Waals surface area contributed by atoms with Crippen molar-refractivity contribution in [2.75, 3.05) is 100.0 Å². The van der Waals surface area contributed by atoms with E-state index in [1.807, 2.05) is 142 Å². The van der Waals surface area contributed by atoms with Gasteiger partial charge in [-0.3, -0.25) is 14.4 Å². The minimum absolute atomic E-state index is 0.158. The molecule has 14 rings (SSSR count). The molecule has 3 aliphatic heterocycles. The number of pyridine rings is 6. The van der Waals surface area contributed by atoms with Gasteiger partial charge < -0.3 is 44.0 Å². The van der Waals surface area contributed by atoms with E-state index in [2.05, 4.69) is 100 Å². The number of fused-ring (bicyclic) bond motifs is 3. The van der Waals surface area contributed by atoms with Crippen LogP contribution < -0.4 is 34.2 Å². The fraction of sp³-hybridized carbons (Fsp3) is 0.250. The van der Waals surface area contributed by atoms with E-state index in [4.69, 9.17) is 25.6 Å². The molecule has 518 valence electrons. The number of carbonyl (C=O) groups is 3. The third-order valence-corrected chi connectivity index (χ3v) is 17.9. The van der Waals surface area contributed by atoms with E-state index in [0.29, 0.717) is 106 Å². The summed E-state index contributed by atoms with van der Waals surface area (Å²) in [4.78, 5) is 60.6. The van der Waals surface area contributed by atoms with Crippen molar-refractivity contribution in [3.05, 3.63) is 199 Å². The molecule has 24 heteroatoms. The molecule has 0 bridgehead atoms. The molecule has 3 aliphatic rings. The third-order valence-electron chi connectivity index (χ3n) is 17.9. The lowest BCUT2D eigenvalue weighted by molar-refractivity contribution is -0.126. The third kappa shape index (κ3) is 16.3. The van der Waals surface area contributed by atoms with Gasteiger partial charge in [-0.1, -0.05) is 48.2 Å². The van der Waals surface area contributed by atoms with Gasteiger partial charge in [0.2, 0.25) is 0 Å². The number of carbonyl (C=O) groups excluding carboxylic acids is 3. The zero-order chi connectivity index (χ0) is 72.5. The maximum Gasteiger partial charge on any atom is 0.298 e. The van der Waals surface area contributed by atoms with Gasteiger partial charge in [-0.25, -0.2) is 28.5 Å². The molecule has 3 saturated heterocycles. The molecule has 24 nitrogen and oxygen atoms in total. The first-order chi connectivity index (χ1) is 50.8. The molecular weight excluding hydrogens is 1310 g/mol. The monoisotopic (exact) mass is 1380 g/mol. The number of hydrogen-bond acceptors (Lipinski definition) is 18. The van der Waals surface area contributed by atoms with Gasteiger partial charge in [0.15, 0.2) is 0 Å². The van der Waals surface area contributed by atoms with Gasteiger partial charge in [-0.2, -0.15) is 31.1 Å². The van der Waals surface area contributed by atoms with Gasteiger partial charge in [-0.05, 0) is 125 Å². The second kappa shape index (κ2) is 32.5. The smallest absolute Gasteiger partial charge is 0.298 e. The molecule has 11 aromatic rings. The molecule has 3 amide bonds. The molecule has 104 heavy (non-hydrogen) atoms. The number of aromatic nitrogens is 9. The maximum atomic E-state index is 12.5. The van der Waals surface area contributed by atoms with Crippen molar-refractivity contribution in [2.24, 2.45) is 0 Å². The van der Waals surface area contributed by atoms with Crippen LogP contribution in [0.3, 0.4) is 0 Å². The largest absolute Gasteiger partial charge is 0.492 e. The number of nitriles is 3. The number of ether oxygens (including phenoxy) is 3. The number of benzene rings is 2. The van der Waals surface area contributed by atoms with Crippen LogP contribution in [0.25, 0.3) is 49.9 Å². The highest BCUT2D eigenvalue weighted by molar-refractivity contribution is 5.95. The van der Waals surface area contributed by atoms with Gasteiger partial charge in [0.05, 0.1) is 90.2 Å². The Morgan fingerprint density at radius 2 is 0.827 bits per heavy atom. The van der Waals surface area contributed by atoms with Crippen LogP contribution in [0.15, 0.2) is 171 Å². The van der Waals surface area contributed by atoms with Crippen molar-refractivity contribution in [3.8, 4) is 105 Å². The topological polar surface area (TPSA) is 269 Å². The number of terminal acetylenes is 1. The van der Waals surface area contributed by atoms with Crippen molar-refractivity contribution < 1.29 is 28.6 Å². The molecule has 0 spiro atoms. The Balaban J connectivity index is 0.000000148. The Morgan fingerprint density at radius 1 is 0.471 bits per heavy atom. The Labute approximate surface area is 601 Å². The summed E-state index contributed by atoms with van der Waals surface area (Å²) in [6, 6.07) is 43.3. The van der Waals surface area contributed by atoms with Gasteiger partial charge in [0, 0.05) is 146 Å². The minimum atomic E-state index is -0.320. The second-order valence-electron chi connectivity index (χ2n) is 24.6. The maximum absolute atomic E-state index is 12.5. The van der Waals surface area contributed by atoms with Crippen molar-refractivity contribution in [2.45, 2.75) is 46.1 Å². The number of nitrogens with zero attached hydrogens (tertiary/aromatic N) is 17. The van der Waals surface area contributed by atoms with Gasteiger partial charge in [0.25, 0.3) is 17.7 Å². The van der Waals surface area contributed by atoms with Gasteiger partial charge in [-0.15, -0.1) is 6.42 Å². The Morgan fingerprint density at radius 3 is 1.16 bits per heavy atom. The first kappa shape index (κ1) is 70.2. The summed E-state index contributed by atoms with van der Waals surface area (Å²) in [6.07, 6.45) is 22.2. The average Bonchev–Trinajstić information content (AvgIpc) is 1.58. The molecule has 0 aliphatic carbocycles. The van der Waals surface area contributed by atoms with E-state index in [-0.39, 0.29) is 23.3 Å². The lowest BCUT2D eigenvalue weighted by Gasteiger charge is -2.40. The normalized spacial score (nSPS) is 13.7. The summed E-state index contributed by atoms with van der Waals surface area (Å²) in [5, 5.41) is 44.6. The number of piperazine rings is 2. The van der Waals surface area contributed by atoms with E-state index in [0.717, 1.165) is 104 Å². The van der Waals surface area contributed by atoms with Gasteiger partial charge >= 0.3 is 0 Å². The summed E-state index contributed by atoms with van der Waals surface area (Å²) < 4.78 is 22.1. The number of rotatable bonds is 13. The number of nitrogens with one attached hydrogen (secondary N) is 1. The molecule has 0 saturated carbocycles. The number of anilines is 3. The molecule has 2 aromatic carbocycles. The van der Waals surface area contributed by atoms with Crippen LogP contribution in [0.4, 0.5) is 17.5 Å². The van der Waals surface area contributed by atoms with Crippen molar-refractivity contribution >= 4 is 51.7 Å². The van der Waals surface area contributed by atoms with E-state index in [1.165, 1.54) is 0 Å². The molecule has 0 atom stereocenters.